The van der Waals surface area contributed by atoms with E-state index in [0.29, 0.717) is 34.0 Å². The number of nitrogens with zero attached hydrogens (tertiary/aromatic N) is 3. The molecular formula is C28H35Cl2N5O2. The first-order valence-corrected chi connectivity index (χ1v) is 13.1. The van der Waals surface area contributed by atoms with E-state index in [4.69, 9.17) is 28.3 Å². The molecule has 3 rings (SSSR count). The number of para-hydroxylation sites is 1. The minimum absolute atomic E-state index is 0.131. The van der Waals surface area contributed by atoms with E-state index in [-0.39, 0.29) is 17.9 Å². The third-order valence-corrected chi connectivity index (χ3v) is 6.41. The summed E-state index contributed by atoms with van der Waals surface area (Å²) in [6, 6.07) is 14.2. The number of urea groups is 1. The number of carbonyl (C=O) groups is 2. The minimum Gasteiger partial charge on any atom is -0.315 e. The number of nitrogens with one attached hydrogen (secondary N) is 2. The highest BCUT2D eigenvalue weighted by Gasteiger charge is 2.24. The van der Waals surface area contributed by atoms with Gasteiger partial charge in [-0.25, -0.2) is 9.48 Å². The van der Waals surface area contributed by atoms with E-state index in [2.05, 4.69) is 45.3 Å². The molecule has 2 N–H and O–H groups in total. The number of benzene rings is 2. The number of hydrogen-bond acceptors (Lipinski definition) is 3. The summed E-state index contributed by atoms with van der Waals surface area (Å²) in [5.41, 5.74) is 2.96. The zero-order valence-electron chi connectivity index (χ0n) is 22.2. The van der Waals surface area contributed by atoms with Crippen molar-refractivity contribution in [3.05, 3.63) is 69.8 Å². The highest BCUT2D eigenvalue weighted by Crippen LogP contribution is 2.28. The van der Waals surface area contributed by atoms with Crippen molar-refractivity contribution in [1.29, 1.82) is 0 Å². The standard InChI is InChI=1S/C28H35Cl2N5O2/c1-18(2)13-14-34(27(37)31-22-12-11-20(29)15-21(22)30)17-26(36)32-25-16-24(28(4,5)6)33-35(25)23-10-8-7-9-19(23)3/h7-12,15-16,18H,13-14,17H2,1-6H3,(H,31,37)(H,32,36). The summed E-state index contributed by atoms with van der Waals surface area (Å²) in [7, 11) is 0. The van der Waals surface area contributed by atoms with Crippen LogP contribution in [0.5, 0.6) is 0 Å². The lowest BCUT2D eigenvalue weighted by atomic mass is 9.92. The van der Waals surface area contributed by atoms with Gasteiger partial charge in [0.2, 0.25) is 5.91 Å². The fourth-order valence-electron chi connectivity index (χ4n) is 3.63. The molecule has 7 nitrogen and oxygen atoms in total. The zero-order chi connectivity index (χ0) is 27.3. The maximum atomic E-state index is 13.2. The quantitative estimate of drug-likeness (QED) is 0.312. The molecule has 0 aliphatic heterocycles. The summed E-state index contributed by atoms with van der Waals surface area (Å²) in [5.74, 6) is 0.583. The van der Waals surface area contributed by atoms with Crippen molar-refractivity contribution in [3.8, 4) is 5.69 Å². The van der Waals surface area contributed by atoms with Crippen LogP contribution in [0.15, 0.2) is 48.5 Å². The van der Waals surface area contributed by atoms with Crippen molar-refractivity contribution >= 4 is 46.6 Å². The minimum atomic E-state index is -0.414. The summed E-state index contributed by atoms with van der Waals surface area (Å²) >= 11 is 12.2. The molecule has 37 heavy (non-hydrogen) atoms. The van der Waals surface area contributed by atoms with E-state index in [9.17, 15) is 9.59 Å². The third-order valence-electron chi connectivity index (χ3n) is 5.86. The predicted molar refractivity (Wildman–Crippen MR) is 152 cm³/mol. The van der Waals surface area contributed by atoms with Crippen LogP contribution in [-0.4, -0.2) is 39.7 Å². The van der Waals surface area contributed by atoms with E-state index in [0.717, 1.165) is 23.4 Å². The Hall–Kier alpha value is -3.03. The van der Waals surface area contributed by atoms with Crippen LogP contribution in [0.4, 0.5) is 16.3 Å². The van der Waals surface area contributed by atoms with Crippen molar-refractivity contribution in [2.75, 3.05) is 23.7 Å². The van der Waals surface area contributed by atoms with Gasteiger partial charge in [-0.1, -0.05) is 76.0 Å². The van der Waals surface area contributed by atoms with Crippen LogP contribution in [0, 0.1) is 12.8 Å². The van der Waals surface area contributed by atoms with Gasteiger partial charge in [-0.3, -0.25) is 4.79 Å². The highest BCUT2D eigenvalue weighted by molar-refractivity contribution is 6.36. The first kappa shape index (κ1) is 28.5. The van der Waals surface area contributed by atoms with Gasteiger partial charge >= 0.3 is 6.03 Å². The van der Waals surface area contributed by atoms with Gasteiger partial charge in [-0.2, -0.15) is 5.10 Å². The average Bonchev–Trinajstić information content (AvgIpc) is 3.22. The topological polar surface area (TPSA) is 79.3 Å². The summed E-state index contributed by atoms with van der Waals surface area (Å²) in [6.45, 7) is 12.6. The van der Waals surface area contributed by atoms with Gasteiger partial charge in [0.1, 0.15) is 12.4 Å². The maximum absolute atomic E-state index is 13.2. The van der Waals surface area contributed by atoms with Gasteiger partial charge in [-0.15, -0.1) is 0 Å². The fraction of sp³-hybridized carbons (Fsp3) is 0.393. The fourth-order valence-corrected chi connectivity index (χ4v) is 4.08. The second kappa shape index (κ2) is 12.0. The second-order valence-electron chi connectivity index (χ2n) is 10.6. The van der Waals surface area contributed by atoms with Crippen LogP contribution < -0.4 is 10.6 Å². The van der Waals surface area contributed by atoms with E-state index in [1.807, 2.05) is 37.3 Å². The molecule has 1 aromatic heterocycles. The van der Waals surface area contributed by atoms with Crippen molar-refractivity contribution in [3.63, 3.8) is 0 Å². The van der Waals surface area contributed by atoms with Crippen LogP contribution in [0.1, 0.15) is 52.3 Å². The molecule has 0 spiro atoms. The monoisotopic (exact) mass is 543 g/mol. The number of anilines is 2. The van der Waals surface area contributed by atoms with Crippen LogP contribution >= 0.6 is 23.2 Å². The largest absolute Gasteiger partial charge is 0.322 e. The molecule has 0 saturated carbocycles. The molecule has 1 heterocycles. The third kappa shape index (κ3) is 7.73. The lowest BCUT2D eigenvalue weighted by molar-refractivity contribution is -0.116. The van der Waals surface area contributed by atoms with Gasteiger partial charge in [-0.05, 0) is 49.1 Å². The van der Waals surface area contributed by atoms with Gasteiger partial charge in [0.15, 0.2) is 0 Å². The Morgan fingerprint density at radius 2 is 1.76 bits per heavy atom. The molecule has 0 fully saturated rings. The Morgan fingerprint density at radius 3 is 2.38 bits per heavy atom. The lowest BCUT2D eigenvalue weighted by Crippen LogP contribution is -2.41. The van der Waals surface area contributed by atoms with Gasteiger partial charge in [0.05, 0.1) is 22.1 Å². The van der Waals surface area contributed by atoms with Crippen molar-refractivity contribution in [1.82, 2.24) is 14.7 Å². The SMILES string of the molecule is Cc1ccccc1-n1nc(C(C)(C)C)cc1NC(=O)CN(CCC(C)C)C(=O)Nc1ccc(Cl)cc1Cl. The van der Waals surface area contributed by atoms with Crippen LogP contribution in [0.25, 0.3) is 5.69 Å². The molecule has 0 bridgehead atoms. The number of aromatic nitrogens is 2. The number of amides is 3. The van der Waals surface area contributed by atoms with Gasteiger partial charge in [0.25, 0.3) is 0 Å². The summed E-state index contributed by atoms with van der Waals surface area (Å²) in [5, 5.41) is 11.4. The molecule has 198 valence electrons. The summed E-state index contributed by atoms with van der Waals surface area (Å²) in [6.07, 6.45) is 0.740. The molecule has 0 saturated heterocycles. The lowest BCUT2D eigenvalue weighted by Gasteiger charge is -2.24. The second-order valence-corrected chi connectivity index (χ2v) is 11.4. The molecule has 0 atom stereocenters. The Bertz CT molecular complexity index is 1260. The number of hydrogen-bond donors (Lipinski definition) is 2. The number of carbonyl (C=O) groups excluding carboxylic acids is 2. The zero-order valence-corrected chi connectivity index (χ0v) is 23.7. The molecule has 0 aliphatic rings. The van der Waals surface area contributed by atoms with E-state index < -0.39 is 6.03 Å². The Labute approximate surface area is 229 Å². The number of aryl methyl sites for hydroxylation is 1. The molecule has 2 aromatic carbocycles. The Kier molecular flexibility index (Phi) is 9.26. The molecule has 3 amide bonds. The summed E-state index contributed by atoms with van der Waals surface area (Å²) < 4.78 is 1.75. The summed E-state index contributed by atoms with van der Waals surface area (Å²) in [4.78, 5) is 27.9. The van der Waals surface area contributed by atoms with Crippen molar-refractivity contribution in [2.24, 2.45) is 5.92 Å². The normalized spacial score (nSPS) is 11.5. The van der Waals surface area contributed by atoms with Gasteiger partial charge < -0.3 is 15.5 Å². The van der Waals surface area contributed by atoms with Gasteiger partial charge in [0, 0.05) is 23.0 Å². The van der Waals surface area contributed by atoms with Crippen LogP contribution in [0.3, 0.4) is 0 Å². The first-order valence-electron chi connectivity index (χ1n) is 12.3. The van der Waals surface area contributed by atoms with Crippen molar-refractivity contribution < 1.29 is 9.59 Å². The van der Waals surface area contributed by atoms with E-state index in [1.54, 1.807) is 22.9 Å². The van der Waals surface area contributed by atoms with Crippen molar-refractivity contribution in [2.45, 2.75) is 53.4 Å². The van der Waals surface area contributed by atoms with Crippen LogP contribution in [-0.2, 0) is 10.2 Å². The molecular weight excluding hydrogens is 509 g/mol. The molecule has 9 heteroatoms. The molecule has 0 aliphatic carbocycles. The number of rotatable bonds is 8. The molecule has 3 aromatic rings. The number of halogens is 2. The van der Waals surface area contributed by atoms with E-state index >= 15 is 0 Å². The van der Waals surface area contributed by atoms with Crippen LogP contribution in [0.2, 0.25) is 10.0 Å². The first-order chi connectivity index (χ1) is 17.3. The maximum Gasteiger partial charge on any atom is 0.322 e. The Balaban J connectivity index is 1.84. The average molecular weight is 545 g/mol. The highest BCUT2D eigenvalue weighted by atomic mass is 35.5. The smallest absolute Gasteiger partial charge is 0.315 e. The molecule has 0 unspecified atom stereocenters. The predicted octanol–water partition coefficient (Wildman–Crippen LogP) is 7.30. The van der Waals surface area contributed by atoms with E-state index in [1.165, 1.54) is 4.90 Å². The molecule has 0 radical (unpaired) electrons. The Morgan fingerprint density at radius 1 is 1.05 bits per heavy atom.